The van der Waals surface area contributed by atoms with Gasteiger partial charge in [0, 0.05) is 36.8 Å². The molecule has 0 fully saturated rings. The number of anilines is 2. The molecule has 0 atom stereocenters. The maximum atomic E-state index is 13.4. The molecule has 0 spiro atoms. The monoisotopic (exact) mass is 585 g/mol. The number of hydrogen-bond donors (Lipinski definition) is 0. The third kappa shape index (κ3) is 6.80. The number of unbranched alkanes of at least 4 members (excludes halogenated alkanes) is 13. The zero-order valence-corrected chi connectivity index (χ0v) is 24.8. The van der Waals surface area contributed by atoms with Crippen LogP contribution < -0.4 is 16.1 Å². The lowest BCUT2D eigenvalue weighted by Gasteiger charge is -2.15. The van der Waals surface area contributed by atoms with E-state index in [1.807, 2.05) is 28.8 Å². The normalized spacial score (nSPS) is 13.1. The van der Waals surface area contributed by atoms with E-state index in [1.54, 1.807) is 7.05 Å². The number of halogens is 1. The number of aryl methyl sites for hydroxylation is 1. The van der Waals surface area contributed by atoms with Crippen molar-refractivity contribution in [1.29, 1.82) is 0 Å². The first-order valence-corrected chi connectivity index (χ1v) is 15.6. The molecule has 0 saturated carbocycles. The van der Waals surface area contributed by atoms with Gasteiger partial charge in [-0.25, -0.2) is 4.79 Å². The number of rotatable bonds is 16. The zero-order valence-electron chi connectivity index (χ0n) is 23.3. The minimum atomic E-state index is -0.274. The molecule has 0 radical (unpaired) electrons. The van der Waals surface area contributed by atoms with Gasteiger partial charge in [-0.2, -0.15) is 4.98 Å². The summed E-state index contributed by atoms with van der Waals surface area (Å²) in [6.45, 7) is 4.16. The lowest BCUT2D eigenvalue weighted by Crippen LogP contribution is -2.39. The fourth-order valence-electron chi connectivity index (χ4n) is 5.61. The molecule has 3 aromatic rings. The Hall–Kier alpha value is -2.35. The van der Waals surface area contributed by atoms with Crippen LogP contribution in [0.2, 0.25) is 0 Å². The van der Waals surface area contributed by atoms with Gasteiger partial charge >= 0.3 is 5.69 Å². The van der Waals surface area contributed by atoms with Crippen LogP contribution in [0.5, 0.6) is 0 Å². The van der Waals surface area contributed by atoms with E-state index in [2.05, 4.69) is 27.8 Å². The second-order valence-corrected chi connectivity index (χ2v) is 11.7. The summed E-state index contributed by atoms with van der Waals surface area (Å²) in [5, 5.41) is 0. The van der Waals surface area contributed by atoms with Crippen LogP contribution in [-0.4, -0.2) is 25.2 Å². The Balaban J connectivity index is 1.27. The van der Waals surface area contributed by atoms with Gasteiger partial charge in [0.25, 0.3) is 5.56 Å². The Labute approximate surface area is 235 Å². The third-order valence-electron chi connectivity index (χ3n) is 7.87. The molecule has 0 N–H and O–H groups in total. The standard InChI is InChI=1S/C30H44BrN5O2/c1-3-4-5-6-7-8-9-10-11-12-13-14-15-16-21-36-28(37)26-27(33(2)30(36)38)32-29-34(22-23-35(26)29)25-19-17-24(31)18-20-25/h17-20H,3-16,21-23H2,1-2H3. The van der Waals surface area contributed by atoms with Crippen molar-refractivity contribution in [2.24, 2.45) is 7.05 Å². The highest BCUT2D eigenvalue weighted by molar-refractivity contribution is 9.10. The molecule has 3 heterocycles. The Morgan fingerprint density at radius 3 is 1.92 bits per heavy atom. The second kappa shape index (κ2) is 14.2. The molecule has 1 aromatic carbocycles. The zero-order chi connectivity index (χ0) is 26.9. The van der Waals surface area contributed by atoms with Crippen molar-refractivity contribution in [2.45, 2.75) is 110 Å². The Kier molecular flexibility index (Phi) is 10.7. The van der Waals surface area contributed by atoms with Crippen LogP contribution >= 0.6 is 15.9 Å². The highest BCUT2D eigenvalue weighted by Gasteiger charge is 2.28. The van der Waals surface area contributed by atoms with Crippen molar-refractivity contribution in [3.8, 4) is 0 Å². The summed E-state index contributed by atoms with van der Waals surface area (Å²) >= 11 is 3.48. The molecular weight excluding hydrogens is 542 g/mol. The Morgan fingerprint density at radius 2 is 1.34 bits per heavy atom. The summed E-state index contributed by atoms with van der Waals surface area (Å²) in [7, 11) is 1.72. The molecule has 0 bridgehead atoms. The first-order chi connectivity index (χ1) is 18.5. The average Bonchev–Trinajstić information content (AvgIpc) is 3.49. The van der Waals surface area contributed by atoms with Crippen molar-refractivity contribution >= 4 is 38.7 Å². The van der Waals surface area contributed by atoms with Crippen LogP contribution in [0.15, 0.2) is 38.3 Å². The number of benzene rings is 1. The summed E-state index contributed by atoms with van der Waals surface area (Å²) in [5.41, 5.74) is 1.54. The van der Waals surface area contributed by atoms with Gasteiger partial charge in [-0.1, -0.05) is 106 Å². The highest BCUT2D eigenvalue weighted by Crippen LogP contribution is 2.32. The van der Waals surface area contributed by atoms with E-state index < -0.39 is 0 Å². The molecule has 2 aromatic heterocycles. The van der Waals surface area contributed by atoms with Gasteiger partial charge in [0.2, 0.25) is 5.95 Å². The minimum Gasteiger partial charge on any atom is -0.310 e. The van der Waals surface area contributed by atoms with E-state index in [-0.39, 0.29) is 11.2 Å². The van der Waals surface area contributed by atoms with Crippen LogP contribution in [0.4, 0.5) is 11.6 Å². The van der Waals surface area contributed by atoms with Gasteiger partial charge in [-0.3, -0.25) is 13.9 Å². The van der Waals surface area contributed by atoms with E-state index in [1.165, 1.54) is 86.2 Å². The molecular formula is C30H44BrN5O2. The maximum absolute atomic E-state index is 13.4. The molecule has 0 unspecified atom stereocenters. The first kappa shape index (κ1) is 28.7. The summed E-state index contributed by atoms with van der Waals surface area (Å²) < 4.78 is 5.94. The molecule has 208 valence electrons. The lowest BCUT2D eigenvalue weighted by molar-refractivity contribution is 0.510. The third-order valence-corrected chi connectivity index (χ3v) is 8.40. The van der Waals surface area contributed by atoms with Crippen molar-refractivity contribution in [1.82, 2.24) is 18.7 Å². The molecule has 0 amide bonds. The van der Waals surface area contributed by atoms with E-state index in [4.69, 9.17) is 4.98 Å². The fourth-order valence-corrected chi connectivity index (χ4v) is 5.87. The van der Waals surface area contributed by atoms with Crippen LogP contribution in [0.1, 0.15) is 96.8 Å². The second-order valence-electron chi connectivity index (χ2n) is 10.8. The highest BCUT2D eigenvalue weighted by atomic mass is 79.9. The van der Waals surface area contributed by atoms with Crippen LogP contribution in [-0.2, 0) is 20.1 Å². The topological polar surface area (TPSA) is 65.1 Å². The predicted octanol–water partition coefficient (Wildman–Crippen LogP) is 7.29. The molecule has 0 aliphatic carbocycles. The van der Waals surface area contributed by atoms with Gasteiger partial charge in [-0.15, -0.1) is 0 Å². The molecule has 0 saturated heterocycles. The maximum Gasteiger partial charge on any atom is 0.332 e. The summed E-state index contributed by atoms with van der Waals surface area (Å²) in [6.07, 6.45) is 18.0. The smallest absolute Gasteiger partial charge is 0.310 e. The molecule has 1 aliphatic rings. The first-order valence-electron chi connectivity index (χ1n) is 14.8. The number of hydrogen-bond acceptors (Lipinski definition) is 4. The van der Waals surface area contributed by atoms with Crippen LogP contribution in [0.3, 0.4) is 0 Å². The van der Waals surface area contributed by atoms with Gasteiger partial charge < -0.3 is 9.47 Å². The van der Waals surface area contributed by atoms with Crippen molar-refractivity contribution in [2.75, 3.05) is 11.4 Å². The molecule has 4 rings (SSSR count). The van der Waals surface area contributed by atoms with Gasteiger partial charge in [-0.05, 0) is 30.7 Å². The SMILES string of the molecule is CCCCCCCCCCCCCCCCn1c(=O)c2c(nc3n2CCN3c2ccc(Br)cc2)n(C)c1=O. The van der Waals surface area contributed by atoms with Gasteiger partial charge in [0.1, 0.15) is 0 Å². The van der Waals surface area contributed by atoms with E-state index in [9.17, 15) is 9.59 Å². The Morgan fingerprint density at radius 1 is 0.789 bits per heavy atom. The lowest BCUT2D eigenvalue weighted by atomic mass is 10.0. The minimum absolute atomic E-state index is 0.214. The van der Waals surface area contributed by atoms with Crippen molar-refractivity contribution in [3.63, 3.8) is 0 Å². The van der Waals surface area contributed by atoms with E-state index >= 15 is 0 Å². The largest absolute Gasteiger partial charge is 0.332 e. The van der Waals surface area contributed by atoms with Crippen molar-refractivity contribution in [3.05, 3.63) is 49.6 Å². The average molecular weight is 587 g/mol. The quantitative estimate of drug-likeness (QED) is 0.165. The van der Waals surface area contributed by atoms with Gasteiger partial charge in [0.15, 0.2) is 11.2 Å². The molecule has 8 heteroatoms. The summed E-state index contributed by atoms with van der Waals surface area (Å²) in [6, 6.07) is 8.07. The number of fused-ring (bicyclic) bond motifs is 3. The van der Waals surface area contributed by atoms with Crippen LogP contribution in [0.25, 0.3) is 11.2 Å². The van der Waals surface area contributed by atoms with Gasteiger partial charge in [0.05, 0.1) is 0 Å². The number of nitrogens with zero attached hydrogens (tertiary/aromatic N) is 5. The van der Waals surface area contributed by atoms with Crippen LogP contribution in [0, 0.1) is 0 Å². The summed E-state index contributed by atoms with van der Waals surface area (Å²) in [4.78, 5) is 33.3. The molecule has 7 nitrogen and oxygen atoms in total. The summed E-state index contributed by atoms with van der Waals surface area (Å²) in [5.74, 6) is 0.726. The molecule has 1 aliphatic heterocycles. The van der Waals surface area contributed by atoms with E-state index in [0.717, 1.165) is 35.5 Å². The number of aromatic nitrogens is 4. The predicted molar refractivity (Wildman–Crippen MR) is 161 cm³/mol. The van der Waals surface area contributed by atoms with E-state index in [0.29, 0.717) is 24.3 Å². The number of imidazole rings is 1. The fraction of sp³-hybridized carbons (Fsp3) is 0.633. The molecule has 38 heavy (non-hydrogen) atoms. The Bertz CT molecular complexity index is 1290. The van der Waals surface area contributed by atoms with Crippen molar-refractivity contribution < 1.29 is 0 Å².